The molecule has 2 aromatic rings. The molecule has 0 saturated carbocycles. The van der Waals surface area contributed by atoms with Crippen molar-refractivity contribution in [1.82, 2.24) is 9.88 Å². The number of rotatable bonds is 6. The zero-order valence-electron chi connectivity index (χ0n) is 16.5. The maximum absolute atomic E-state index is 14.3. The first-order chi connectivity index (χ1) is 14.6. The smallest absolute Gasteiger partial charge is 0.365 e. The van der Waals surface area contributed by atoms with Gasteiger partial charge in [0.15, 0.2) is 5.69 Å². The Morgan fingerprint density at radius 1 is 1.26 bits per heavy atom. The number of aryl methyl sites for hydroxylation is 1. The summed E-state index contributed by atoms with van der Waals surface area (Å²) in [5.41, 5.74) is -0.248. The summed E-state index contributed by atoms with van der Waals surface area (Å²) in [5.74, 6) is -2.91. The quantitative estimate of drug-likeness (QED) is 0.580. The molecule has 2 aliphatic rings. The molecule has 2 aliphatic heterocycles. The normalized spacial score (nSPS) is 25.9. The standard InChI is InChI=1S/C21H20F5N3OS/c22-20(23)13-30-18(20)19(6-5-14-1-3-15(9-27)4-2-14)7-8-29(12-19)10-17-28-16(11-31-17)21(24,25)26/h1-4,11,18H,5-8,10,12-13H2/t18?,19-/m1/s1. The lowest BCUT2D eigenvalue weighted by atomic mass is 9.72. The molecule has 166 valence electrons. The van der Waals surface area contributed by atoms with Gasteiger partial charge in [0.1, 0.15) is 17.7 Å². The fourth-order valence-electron chi connectivity index (χ4n) is 4.43. The molecular weight excluding hydrogens is 437 g/mol. The molecule has 0 spiro atoms. The molecule has 2 atom stereocenters. The number of nitrogens with zero attached hydrogens (tertiary/aromatic N) is 3. The Morgan fingerprint density at radius 3 is 2.55 bits per heavy atom. The minimum absolute atomic E-state index is 0.192. The Hall–Kier alpha value is -2.09. The number of hydrogen-bond donors (Lipinski definition) is 0. The first kappa shape index (κ1) is 22.1. The third-order valence-electron chi connectivity index (χ3n) is 6.04. The third-order valence-corrected chi connectivity index (χ3v) is 6.88. The second kappa shape index (κ2) is 8.11. The highest BCUT2D eigenvalue weighted by Crippen LogP contribution is 2.50. The van der Waals surface area contributed by atoms with Crippen LogP contribution in [0.5, 0.6) is 0 Å². The van der Waals surface area contributed by atoms with Crippen molar-refractivity contribution in [3.05, 3.63) is 51.5 Å². The van der Waals surface area contributed by atoms with Gasteiger partial charge in [0.25, 0.3) is 5.92 Å². The number of hydrogen-bond acceptors (Lipinski definition) is 5. The van der Waals surface area contributed by atoms with E-state index in [1.54, 1.807) is 12.1 Å². The fraction of sp³-hybridized carbons (Fsp3) is 0.524. The number of benzene rings is 1. The zero-order chi connectivity index (χ0) is 22.3. The SMILES string of the molecule is N#Cc1ccc(CC[C@@]2(C3OCC3(F)F)CCN(Cc3nc(C(F)(F)F)cs3)C2)cc1. The Balaban J connectivity index is 1.47. The average molecular weight is 457 g/mol. The fourth-order valence-corrected chi connectivity index (χ4v) is 5.27. The van der Waals surface area contributed by atoms with Gasteiger partial charge in [-0.25, -0.2) is 13.8 Å². The van der Waals surface area contributed by atoms with Gasteiger partial charge in [0, 0.05) is 17.3 Å². The average Bonchev–Trinajstić information content (AvgIpc) is 3.34. The number of alkyl halides is 5. The lowest BCUT2D eigenvalue weighted by Crippen LogP contribution is -2.61. The second-order valence-corrected chi connectivity index (χ2v) is 9.15. The van der Waals surface area contributed by atoms with Crippen molar-refractivity contribution in [1.29, 1.82) is 5.26 Å². The van der Waals surface area contributed by atoms with Crippen LogP contribution in [0.4, 0.5) is 22.0 Å². The van der Waals surface area contributed by atoms with Crippen LogP contribution < -0.4 is 0 Å². The number of likely N-dealkylation sites (tertiary alicyclic amines) is 1. The van der Waals surface area contributed by atoms with Crippen molar-refractivity contribution in [3.63, 3.8) is 0 Å². The molecule has 0 N–H and O–H groups in total. The maximum Gasteiger partial charge on any atom is 0.434 e. The summed E-state index contributed by atoms with van der Waals surface area (Å²) in [6, 6.07) is 9.05. The van der Waals surface area contributed by atoms with Crippen LogP contribution in [-0.2, 0) is 23.9 Å². The monoisotopic (exact) mass is 457 g/mol. The van der Waals surface area contributed by atoms with Crippen molar-refractivity contribution in [2.75, 3.05) is 19.7 Å². The van der Waals surface area contributed by atoms with Crippen LogP contribution >= 0.6 is 11.3 Å². The molecule has 10 heteroatoms. The Morgan fingerprint density at radius 2 is 2.00 bits per heavy atom. The van der Waals surface area contributed by atoms with E-state index in [0.717, 1.165) is 22.3 Å². The number of halogens is 5. The summed E-state index contributed by atoms with van der Waals surface area (Å²) in [6.07, 6.45) is -4.22. The van der Waals surface area contributed by atoms with E-state index >= 15 is 0 Å². The Labute approximate surface area is 180 Å². The summed E-state index contributed by atoms with van der Waals surface area (Å²) in [4.78, 5) is 5.54. The van der Waals surface area contributed by atoms with Crippen molar-refractivity contribution >= 4 is 11.3 Å². The lowest BCUT2D eigenvalue weighted by molar-refractivity contribution is -0.301. The minimum Gasteiger partial charge on any atom is -0.365 e. The molecule has 4 rings (SSSR count). The van der Waals surface area contributed by atoms with Crippen LogP contribution in [0.2, 0.25) is 0 Å². The summed E-state index contributed by atoms with van der Waals surface area (Å²) in [7, 11) is 0. The van der Waals surface area contributed by atoms with Gasteiger partial charge in [-0.3, -0.25) is 4.90 Å². The zero-order valence-corrected chi connectivity index (χ0v) is 17.3. The van der Waals surface area contributed by atoms with Gasteiger partial charge in [0.2, 0.25) is 0 Å². The van der Waals surface area contributed by atoms with E-state index in [-0.39, 0.29) is 6.54 Å². The van der Waals surface area contributed by atoms with Crippen LogP contribution in [-0.4, -0.2) is 41.6 Å². The molecule has 2 saturated heterocycles. The Bertz CT molecular complexity index is 969. The molecular formula is C21H20F5N3OS. The first-order valence-electron chi connectivity index (χ1n) is 9.84. The first-order valence-corrected chi connectivity index (χ1v) is 10.7. The largest absolute Gasteiger partial charge is 0.434 e. The van der Waals surface area contributed by atoms with Crippen molar-refractivity contribution in [3.8, 4) is 6.07 Å². The molecule has 1 aromatic heterocycles. The highest BCUT2D eigenvalue weighted by Gasteiger charge is 2.61. The van der Waals surface area contributed by atoms with Gasteiger partial charge >= 0.3 is 6.18 Å². The third kappa shape index (κ3) is 4.59. The van der Waals surface area contributed by atoms with Gasteiger partial charge in [-0.15, -0.1) is 11.3 Å². The van der Waals surface area contributed by atoms with E-state index < -0.39 is 35.9 Å². The van der Waals surface area contributed by atoms with E-state index in [1.165, 1.54) is 0 Å². The van der Waals surface area contributed by atoms with Crippen LogP contribution in [0.3, 0.4) is 0 Å². The predicted molar refractivity (Wildman–Crippen MR) is 104 cm³/mol. The summed E-state index contributed by atoms with van der Waals surface area (Å²) in [6.45, 7) is 0.393. The minimum atomic E-state index is -4.49. The van der Waals surface area contributed by atoms with Gasteiger partial charge in [-0.2, -0.15) is 18.4 Å². The molecule has 0 amide bonds. The maximum atomic E-state index is 14.3. The van der Waals surface area contributed by atoms with Gasteiger partial charge < -0.3 is 4.74 Å². The number of ether oxygens (including phenoxy) is 1. The van der Waals surface area contributed by atoms with Crippen LogP contribution in [0.25, 0.3) is 0 Å². The van der Waals surface area contributed by atoms with Crippen molar-refractivity contribution < 1.29 is 26.7 Å². The predicted octanol–water partition coefficient (Wildman–Crippen LogP) is 4.89. The van der Waals surface area contributed by atoms with Crippen LogP contribution in [0.1, 0.15) is 34.7 Å². The van der Waals surface area contributed by atoms with E-state index in [1.807, 2.05) is 23.1 Å². The van der Waals surface area contributed by atoms with Crippen molar-refractivity contribution in [2.24, 2.45) is 5.41 Å². The number of aromatic nitrogens is 1. The molecule has 1 unspecified atom stereocenters. The summed E-state index contributed by atoms with van der Waals surface area (Å²) in [5, 5.41) is 10.2. The van der Waals surface area contributed by atoms with Crippen molar-refractivity contribution in [2.45, 2.75) is 44.0 Å². The summed E-state index contributed by atoms with van der Waals surface area (Å²) >= 11 is 0.926. The van der Waals surface area contributed by atoms with Gasteiger partial charge in [-0.1, -0.05) is 12.1 Å². The molecule has 0 aliphatic carbocycles. The topological polar surface area (TPSA) is 49.1 Å². The Kier molecular flexibility index (Phi) is 5.79. The molecule has 3 heterocycles. The second-order valence-electron chi connectivity index (χ2n) is 8.21. The molecule has 0 radical (unpaired) electrons. The van der Waals surface area contributed by atoms with Crippen LogP contribution in [0, 0.1) is 16.7 Å². The van der Waals surface area contributed by atoms with Crippen LogP contribution in [0.15, 0.2) is 29.6 Å². The highest BCUT2D eigenvalue weighted by atomic mass is 32.1. The molecule has 4 nitrogen and oxygen atoms in total. The van der Waals surface area contributed by atoms with E-state index in [2.05, 4.69) is 4.98 Å². The molecule has 1 aromatic carbocycles. The molecule has 31 heavy (non-hydrogen) atoms. The summed E-state index contributed by atoms with van der Waals surface area (Å²) < 4.78 is 72.3. The molecule has 0 bridgehead atoms. The highest BCUT2D eigenvalue weighted by molar-refractivity contribution is 7.09. The van der Waals surface area contributed by atoms with E-state index in [0.29, 0.717) is 42.9 Å². The number of thiazole rings is 1. The number of nitriles is 1. The van der Waals surface area contributed by atoms with E-state index in [4.69, 9.17) is 10.00 Å². The van der Waals surface area contributed by atoms with Gasteiger partial charge in [-0.05, 0) is 43.5 Å². The molecule has 2 fully saturated rings. The van der Waals surface area contributed by atoms with E-state index in [9.17, 15) is 22.0 Å². The van der Waals surface area contributed by atoms with Gasteiger partial charge in [0.05, 0.1) is 18.2 Å². The lowest BCUT2D eigenvalue weighted by Gasteiger charge is -2.48.